The van der Waals surface area contributed by atoms with Gasteiger partial charge in [-0.1, -0.05) is 48.5 Å². The van der Waals surface area contributed by atoms with Crippen molar-refractivity contribution in [1.82, 2.24) is 15.4 Å². The summed E-state index contributed by atoms with van der Waals surface area (Å²) >= 11 is 0. The highest BCUT2D eigenvalue weighted by Crippen LogP contribution is 2.33. The summed E-state index contributed by atoms with van der Waals surface area (Å²) in [5.41, 5.74) is 4.53. The number of hydrogen-bond donors (Lipinski definition) is 1. The molecule has 0 fully saturated rings. The normalized spacial score (nSPS) is 11.9. The Hall–Kier alpha value is -4.59. The fourth-order valence-electron chi connectivity index (χ4n) is 3.80. The Balaban J connectivity index is 1.59. The Morgan fingerprint density at radius 2 is 1.63 bits per heavy atom. The third-order valence-electron chi connectivity index (χ3n) is 5.56. The van der Waals surface area contributed by atoms with Crippen LogP contribution < -0.4 is 5.43 Å². The highest BCUT2D eigenvalue weighted by Gasteiger charge is 2.30. The number of benzene rings is 3. The zero-order valence-electron chi connectivity index (χ0n) is 18.1. The molecule has 1 amide bonds. The van der Waals surface area contributed by atoms with Crippen LogP contribution in [-0.2, 0) is 6.18 Å². The van der Waals surface area contributed by atoms with Crippen LogP contribution in [0.25, 0.3) is 32.9 Å². The third-order valence-corrected chi connectivity index (χ3v) is 5.56. The molecular weight excluding hydrogens is 453 g/mol. The number of amides is 1. The number of pyridine rings is 2. The number of nitrogens with zero attached hydrogens (tertiary/aromatic N) is 3. The molecule has 0 aliphatic carbocycles. The standard InChI is InChI=1S/C27H17F3N4O/c28-27(29,30)21-8-5-18(6-9-21)24-15-20(16-32-34-26(35)19-11-13-31-14-12-19)23-10-7-17-3-1-2-4-22(17)25(23)33-24/h1-16H,(H,34,35)/b32-16+. The van der Waals surface area contributed by atoms with Gasteiger partial charge < -0.3 is 0 Å². The van der Waals surface area contributed by atoms with E-state index in [9.17, 15) is 18.0 Å². The van der Waals surface area contributed by atoms with Crippen LogP contribution in [0.4, 0.5) is 13.2 Å². The van der Waals surface area contributed by atoms with Gasteiger partial charge in [-0.05, 0) is 35.7 Å². The number of aromatic nitrogens is 2. The summed E-state index contributed by atoms with van der Waals surface area (Å²) in [5.74, 6) is -0.393. The number of fused-ring (bicyclic) bond motifs is 3. The molecule has 2 aromatic heterocycles. The van der Waals surface area contributed by atoms with Crippen molar-refractivity contribution in [2.24, 2.45) is 5.10 Å². The van der Waals surface area contributed by atoms with Gasteiger partial charge in [0.2, 0.25) is 0 Å². The van der Waals surface area contributed by atoms with Crippen LogP contribution in [0.15, 0.2) is 96.4 Å². The van der Waals surface area contributed by atoms with Crippen LogP contribution in [0, 0.1) is 0 Å². The summed E-state index contributed by atoms with van der Waals surface area (Å²) in [6.45, 7) is 0. The van der Waals surface area contributed by atoms with Crippen LogP contribution >= 0.6 is 0 Å². The van der Waals surface area contributed by atoms with E-state index in [1.807, 2.05) is 36.4 Å². The molecule has 35 heavy (non-hydrogen) atoms. The molecule has 0 unspecified atom stereocenters. The zero-order valence-corrected chi connectivity index (χ0v) is 18.1. The maximum atomic E-state index is 13.0. The molecule has 5 rings (SSSR count). The van der Waals surface area contributed by atoms with Gasteiger partial charge in [0, 0.05) is 39.9 Å². The summed E-state index contributed by atoms with van der Waals surface area (Å²) in [6, 6.07) is 21.3. The van der Waals surface area contributed by atoms with Gasteiger partial charge in [0.05, 0.1) is 23.0 Å². The lowest BCUT2D eigenvalue weighted by molar-refractivity contribution is -0.137. The molecule has 2 heterocycles. The van der Waals surface area contributed by atoms with Gasteiger partial charge in [-0.15, -0.1) is 0 Å². The first-order valence-electron chi connectivity index (χ1n) is 10.6. The quantitative estimate of drug-likeness (QED) is 0.192. The Morgan fingerprint density at radius 3 is 2.37 bits per heavy atom. The average Bonchev–Trinajstić information content (AvgIpc) is 2.88. The van der Waals surface area contributed by atoms with E-state index in [2.05, 4.69) is 15.5 Å². The summed E-state index contributed by atoms with van der Waals surface area (Å²) in [6.07, 6.45) is 0.106. The first-order chi connectivity index (χ1) is 16.9. The lowest BCUT2D eigenvalue weighted by Gasteiger charge is -2.11. The van der Waals surface area contributed by atoms with Gasteiger partial charge in [0.1, 0.15) is 0 Å². The van der Waals surface area contributed by atoms with E-state index in [-0.39, 0.29) is 0 Å². The van der Waals surface area contributed by atoms with Crippen molar-refractivity contribution in [3.05, 3.63) is 108 Å². The number of halogens is 3. The number of nitrogens with one attached hydrogen (secondary N) is 1. The summed E-state index contributed by atoms with van der Waals surface area (Å²) in [7, 11) is 0. The minimum atomic E-state index is -4.42. The van der Waals surface area contributed by atoms with E-state index in [0.29, 0.717) is 27.9 Å². The number of alkyl halides is 3. The van der Waals surface area contributed by atoms with Crippen LogP contribution in [0.3, 0.4) is 0 Å². The largest absolute Gasteiger partial charge is 0.416 e. The van der Waals surface area contributed by atoms with Crippen LogP contribution in [0.5, 0.6) is 0 Å². The number of rotatable bonds is 4. The second kappa shape index (κ2) is 8.98. The van der Waals surface area contributed by atoms with Crippen molar-refractivity contribution in [1.29, 1.82) is 0 Å². The fraction of sp³-hybridized carbons (Fsp3) is 0.0370. The minimum Gasteiger partial charge on any atom is -0.267 e. The topological polar surface area (TPSA) is 67.2 Å². The molecule has 0 radical (unpaired) electrons. The van der Waals surface area contributed by atoms with Gasteiger partial charge in [-0.25, -0.2) is 10.4 Å². The summed E-state index contributed by atoms with van der Waals surface area (Å²) in [4.78, 5) is 21.0. The lowest BCUT2D eigenvalue weighted by Crippen LogP contribution is -2.17. The average molecular weight is 470 g/mol. The lowest BCUT2D eigenvalue weighted by atomic mass is 10.00. The van der Waals surface area contributed by atoms with Crippen LogP contribution in [0.2, 0.25) is 0 Å². The van der Waals surface area contributed by atoms with Gasteiger partial charge in [0.25, 0.3) is 5.91 Å². The maximum absolute atomic E-state index is 13.0. The number of carbonyl (C=O) groups excluding carboxylic acids is 1. The number of hydrazone groups is 1. The van der Waals surface area contributed by atoms with Crippen molar-refractivity contribution >= 4 is 33.8 Å². The third kappa shape index (κ3) is 4.59. The molecule has 172 valence electrons. The van der Waals surface area contributed by atoms with Gasteiger partial charge in [-0.3, -0.25) is 9.78 Å². The van der Waals surface area contributed by atoms with Crippen molar-refractivity contribution in [3.8, 4) is 11.3 Å². The van der Waals surface area contributed by atoms with Crippen LogP contribution in [0.1, 0.15) is 21.5 Å². The predicted octanol–water partition coefficient (Wildman–Crippen LogP) is 6.23. The van der Waals surface area contributed by atoms with E-state index in [4.69, 9.17) is 4.98 Å². The molecule has 0 aliphatic rings. The van der Waals surface area contributed by atoms with Gasteiger partial charge in [0.15, 0.2) is 0 Å². The molecule has 0 saturated heterocycles. The highest BCUT2D eigenvalue weighted by atomic mass is 19.4. The van der Waals surface area contributed by atoms with E-state index >= 15 is 0 Å². The maximum Gasteiger partial charge on any atom is 0.416 e. The van der Waals surface area contributed by atoms with E-state index in [0.717, 1.165) is 28.3 Å². The monoisotopic (exact) mass is 470 g/mol. The summed E-state index contributed by atoms with van der Waals surface area (Å²) < 4.78 is 39.1. The zero-order chi connectivity index (χ0) is 24.4. The fourth-order valence-corrected chi connectivity index (χ4v) is 3.80. The number of carbonyl (C=O) groups is 1. The van der Waals surface area contributed by atoms with E-state index in [1.165, 1.54) is 30.7 Å². The Labute approximate surface area is 198 Å². The van der Waals surface area contributed by atoms with Gasteiger partial charge in [-0.2, -0.15) is 18.3 Å². The van der Waals surface area contributed by atoms with Crippen molar-refractivity contribution in [2.75, 3.05) is 0 Å². The molecule has 0 atom stereocenters. The molecule has 0 spiro atoms. The molecule has 0 aliphatic heterocycles. The first-order valence-corrected chi connectivity index (χ1v) is 10.6. The molecule has 8 heteroatoms. The molecule has 5 aromatic rings. The highest BCUT2D eigenvalue weighted by molar-refractivity contribution is 6.11. The van der Waals surface area contributed by atoms with Gasteiger partial charge >= 0.3 is 6.18 Å². The van der Waals surface area contributed by atoms with E-state index in [1.54, 1.807) is 18.2 Å². The summed E-state index contributed by atoms with van der Waals surface area (Å²) in [5, 5.41) is 6.78. The Morgan fingerprint density at radius 1 is 0.886 bits per heavy atom. The number of hydrogen-bond acceptors (Lipinski definition) is 4. The first kappa shape index (κ1) is 22.2. The second-order valence-corrected chi connectivity index (χ2v) is 7.79. The Kier molecular flexibility index (Phi) is 5.70. The molecule has 5 nitrogen and oxygen atoms in total. The second-order valence-electron chi connectivity index (χ2n) is 7.79. The molecular formula is C27H17F3N4O. The predicted molar refractivity (Wildman–Crippen MR) is 129 cm³/mol. The smallest absolute Gasteiger partial charge is 0.267 e. The van der Waals surface area contributed by atoms with E-state index < -0.39 is 17.6 Å². The van der Waals surface area contributed by atoms with Crippen LogP contribution in [-0.4, -0.2) is 22.1 Å². The SMILES string of the molecule is O=C(N/N=C/c1cc(-c2ccc(C(F)(F)F)cc2)nc2c1ccc1ccccc12)c1ccncc1. The molecule has 0 bridgehead atoms. The molecule has 1 N–H and O–H groups in total. The van der Waals surface area contributed by atoms with Crippen molar-refractivity contribution in [3.63, 3.8) is 0 Å². The minimum absolute atomic E-state index is 0.393. The van der Waals surface area contributed by atoms with Crippen molar-refractivity contribution < 1.29 is 18.0 Å². The van der Waals surface area contributed by atoms with Crippen molar-refractivity contribution in [2.45, 2.75) is 6.18 Å². The molecule has 3 aromatic carbocycles. The molecule has 0 saturated carbocycles. The Bertz CT molecular complexity index is 1560.